The molecular formula is C39H70O4. The molecule has 0 heterocycles. The van der Waals surface area contributed by atoms with Crippen LogP contribution in [0.2, 0.25) is 0 Å². The first-order valence-electron chi connectivity index (χ1n) is 18.2. The van der Waals surface area contributed by atoms with E-state index in [-0.39, 0.29) is 12.6 Å². The lowest BCUT2D eigenvalue weighted by molar-refractivity contribution is -0.154. The number of carbonyl (C=O) groups is 1. The summed E-state index contributed by atoms with van der Waals surface area (Å²) < 4.78 is 11.1. The Bertz CT molecular complexity index is 679. The fourth-order valence-corrected chi connectivity index (χ4v) is 4.96. The largest absolute Gasteiger partial charge is 0.457 e. The summed E-state index contributed by atoms with van der Waals surface area (Å²) in [5.74, 6) is -0.215. The quantitative estimate of drug-likeness (QED) is 0.0461. The van der Waals surface area contributed by atoms with E-state index in [1.54, 1.807) is 0 Å². The predicted octanol–water partition coefficient (Wildman–Crippen LogP) is 11.5. The van der Waals surface area contributed by atoms with E-state index in [2.05, 4.69) is 62.5 Å². The van der Waals surface area contributed by atoms with Crippen molar-refractivity contribution >= 4 is 5.97 Å². The van der Waals surface area contributed by atoms with Gasteiger partial charge in [-0.25, -0.2) is 0 Å². The van der Waals surface area contributed by atoms with Crippen molar-refractivity contribution in [2.24, 2.45) is 0 Å². The third-order valence-corrected chi connectivity index (χ3v) is 7.67. The molecule has 0 aromatic heterocycles. The zero-order valence-corrected chi connectivity index (χ0v) is 28.5. The molecule has 0 saturated carbocycles. The molecule has 0 rings (SSSR count). The van der Waals surface area contributed by atoms with Crippen molar-refractivity contribution in [2.45, 2.75) is 174 Å². The minimum atomic E-state index is -0.539. The molecule has 0 fully saturated rings. The van der Waals surface area contributed by atoms with Crippen LogP contribution in [0.5, 0.6) is 0 Å². The van der Waals surface area contributed by atoms with Gasteiger partial charge in [-0.3, -0.25) is 4.79 Å². The lowest BCUT2D eigenvalue weighted by Gasteiger charge is -2.16. The van der Waals surface area contributed by atoms with Gasteiger partial charge in [0.2, 0.25) is 0 Å². The monoisotopic (exact) mass is 603 g/mol. The molecule has 0 aromatic rings. The van der Waals surface area contributed by atoms with Crippen molar-refractivity contribution in [3.05, 3.63) is 48.6 Å². The number of aliphatic hydroxyl groups excluding tert-OH is 1. The zero-order chi connectivity index (χ0) is 31.3. The van der Waals surface area contributed by atoms with Crippen LogP contribution in [0.4, 0.5) is 0 Å². The lowest BCUT2D eigenvalue weighted by atomic mass is 10.1. The van der Waals surface area contributed by atoms with Crippen molar-refractivity contribution in [3.63, 3.8) is 0 Å². The molecule has 0 aliphatic carbocycles. The third kappa shape index (κ3) is 34.7. The molecule has 0 radical (unpaired) electrons. The Hall–Kier alpha value is -1.65. The molecule has 0 spiro atoms. The summed E-state index contributed by atoms with van der Waals surface area (Å²) in [6, 6.07) is 0. The maximum Gasteiger partial charge on any atom is 0.306 e. The van der Waals surface area contributed by atoms with Crippen LogP contribution in [-0.2, 0) is 14.3 Å². The second-order valence-corrected chi connectivity index (χ2v) is 11.9. The van der Waals surface area contributed by atoms with Crippen molar-refractivity contribution in [3.8, 4) is 0 Å². The average molecular weight is 603 g/mol. The Morgan fingerprint density at radius 1 is 0.581 bits per heavy atom. The smallest absolute Gasteiger partial charge is 0.306 e. The number of carbonyl (C=O) groups excluding carboxylic acids is 1. The first-order valence-corrected chi connectivity index (χ1v) is 18.2. The predicted molar refractivity (Wildman–Crippen MR) is 187 cm³/mol. The van der Waals surface area contributed by atoms with Gasteiger partial charge in [0.1, 0.15) is 6.10 Å². The maximum atomic E-state index is 12.1. The molecule has 0 bridgehead atoms. The van der Waals surface area contributed by atoms with Crippen LogP contribution in [0.15, 0.2) is 48.6 Å². The van der Waals surface area contributed by atoms with Crippen LogP contribution in [0.1, 0.15) is 168 Å². The highest BCUT2D eigenvalue weighted by molar-refractivity contribution is 5.69. The number of hydrogen-bond acceptors (Lipinski definition) is 4. The van der Waals surface area contributed by atoms with E-state index in [1.165, 1.54) is 89.9 Å². The Morgan fingerprint density at radius 3 is 1.58 bits per heavy atom. The van der Waals surface area contributed by atoms with Crippen molar-refractivity contribution < 1.29 is 19.4 Å². The standard InChI is InChI=1S/C39H70O4/c1-3-5-7-9-11-13-15-17-18-19-20-21-22-23-24-26-28-30-32-34-39(41)43-38(36-40)37-42-35-33-31-29-27-25-16-14-12-10-8-6-4-2/h5,7,11,13,17-18,20-21,38,40H,3-4,6,8-10,12,14-16,19,22-37H2,1-2H3/b7-5-,13-11-,18-17-,21-20-. The van der Waals surface area contributed by atoms with Gasteiger partial charge in [-0.05, 0) is 51.4 Å². The van der Waals surface area contributed by atoms with Gasteiger partial charge < -0.3 is 14.6 Å². The normalized spacial score (nSPS) is 12.9. The highest BCUT2D eigenvalue weighted by Crippen LogP contribution is 2.13. The minimum absolute atomic E-state index is 0.177. The van der Waals surface area contributed by atoms with Crippen molar-refractivity contribution in [1.82, 2.24) is 0 Å². The molecule has 0 saturated heterocycles. The van der Waals surface area contributed by atoms with Gasteiger partial charge in [0.25, 0.3) is 0 Å². The Balaban J connectivity index is 3.50. The molecule has 0 aromatic carbocycles. The summed E-state index contributed by atoms with van der Waals surface area (Å²) in [4.78, 5) is 12.1. The fourth-order valence-electron chi connectivity index (χ4n) is 4.96. The molecule has 0 amide bonds. The zero-order valence-electron chi connectivity index (χ0n) is 28.5. The molecule has 0 aliphatic rings. The molecule has 4 heteroatoms. The molecule has 1 unspecified atom stereocenters. The maximum absolute atomic E-state index is 12.1. The van der Waals surface area contributed by atoms with Crippen LogP contribution in [-0.4, -0.2) is 37.0 Å². The Morgan fingerprint density at radius 2 is 1.05 bits per heavy atom. The van der Waals surface area contributed by atoms with Crippen LogP contribution < -0.4 is 0 Å². The topological polar surface area (TPSA) is 55.8 Å². The summed E-state index contributed by atoms with van der Waals surface area (Å²) in [6.45, 7) is 5.22. The number of esters is 1. The molecule has 1 N–H and O–H groups in total. The van der Waals surface area contributed by atoms with Gasteiger partial charge >= 0.3 is 5.97 Å². The first-order chi connectivity index (χ1) is 21.2. The van der Waals surface area contributed by atoms with E-state index in [0.717, 1.165) is 57.8 Å². The van der Waals surface area contributed by atoms with Crippen LogP contribution in [0.25, 0.3) is 0 Å². The van der Waals surface area contributed by atoms with Crippen LogP contribution >= 0.6 is 0 Å². The molecule has 250 valence electrons. The number of allylic oxidation sites excluding steroid dienone is 8. The van der Waals surface area contributed by atoms with E-state index in [9.17, 15) is 9.90 Å². The third-order valence-electron chi connectivity index (χ3n) is 7.67. The molecular weight excluding hydrogens is 532 g/mol. The molecule has 1 atom stereocenters. The molecule has 0 aliphatic heterocycles. The number of aliphatic hydroxyl groups is 1. The second-order valence-electron chi connectivity index (χ2n) is 11.9. The highest BCUT2D eigenvalue weighted by atomic mass is 16.6. The van der Waals surface area contributed by atoms with Gasteiger partial charge in [-0.15, -0.1) is 0 Å². The number of rotatable bonds is 33. The minimum Gasteiger partial charge on any atom is -0.457 e. The number of ether oxygens (including phenoxy) is 2. The Labute approximate surface area is 267 Å². The van der Waals surface area contributed by atoms with E-state index in [4.69, 9.17) is 9.47 Å². The Kier molecular flexibility index (Phi) is 35.1. The first kappa shape index (κ1) is 41.4. The highest BCUT2D eigenvalue weighted by Gasteiger charge is 2.13. The molecule has 43 heavy (non-hydrogen) atoms. The van der Waals surface area contributed by atoms with Gasteiger partial charge in [0, 0.05) is 13.0 Å². The van der Waals surface area contributed by atoms with Gasteiger partial charge in [-0.1, -0.05) is 159 Å². The van der Waals surface area contributed by atoms with Crippen molar-refractivity contribution in [2.75, 3.05) is 19.8 Å². The second kappa shape index (κ2) is 36.5. The van der Waals surface area contributed by atoms with Crippen molar-refractivity contribution in [1.29, 1.82) is 0 Å². The fraction of sp³-hybridized carbons (Fsp3) is 0.769. The van der Waals surface area contributed by atoms with E-state index >= 15 is 0 Å². The van der Waals surface area contributed by atoms with E-state index in [1.807, 2.05) is 0 Å². The van der Waals surface area contributed by atoms with E-state index < -0.39 is 6.10 Å². The van der Waals surface area contributed by atoms with Crippen LogP contribution in [0, 0.1) is 0 Å². The SMILES string of the molecule is CC/C=C\C/C=C\C/C=C\C/C=C\CCCCCCCCC(=O)OC(CO)COCCCCCCCCCCCCCC. The summed E-state index contributed by atoms with van der Waals surface area (Å²) in [5, 5.41) is 9.54. The number of unbranched alkanes of at least 4 members (excludes halogenated alkanes) is 17. The van der Waals surface area contributed by atoms with Gasteiger partial charge in [0.15, 0.2) is 0 Å². The van der Waals surface area contributed by atoms with Gasteiger partial charge in [0.05, 0.1) is 13.2 Å². The van der Waals surface area contributed by atoms with Crippen LogP contribution in [0.3, 0.4) is 0 Å². The van der Waals surface area contributed by atoms with Gasteiger partial charge in [-0.2, -0.15) is 0 Å². The number of hydrogen-bond donors (Lipinski definition) is 1. The molecule has 4 nitrogen and oxygen atoms in total. The summed E-state index contributed by atoms with van der Waals surface area (Å²) >= 11 is 0. The average Bonchev–Trinajstić information content (AvgIpc) is 3.01. The summed E-state index contributed by atoms with van der Waals surface area (Å²) in [7, 11) is 0. The lowest BCUT2D eigenvalue weighted by Crippen LogP contribution is -2.27. The summed E-state index contributed by atoms with van der Waals surface area (Å²) in [6.07, 6.45) is 45.7. The van der Waals surface area contributed by atoms with E-state index in [0.29, 0.717) is 19.6 Å². The summed E-state index contributed by atoms with van der Waals surface area (Å²) in [5.41, 5.74) is 0.